The lowest BCUT2D eigenvalue weighted by atomic mass is 10.1. The van der Waals surface area contributed by atoms with Crippen LogP contribution < -0.4 is 10.1 Å². The molecule has 4 aromatic rings. The average Bonchev–Trinajstić information content (AvgIpc) is 3.12. The van der Waals surface area contributed by atoms with Crippen LogP contribution in [0.25, 0.3) is 22.6 Å². The second-order valence-corrected chi connectivity index (χ2v) is 6.11. The van der Waals surface area contributed by atoms with Gasteiger partial charge >= 0.3 is 0 Å². The standard InChI is InChI=1S/C22H18N2O3/c1-26-19-10-6-5-9-17(19)22-24-18-12-11-16(14-20(18)27-22)23-21(25)13-15-7-3-2-4-8-15/h2-12,14H,13H2,1H3,(H,23,25). The maximum absolute atomic E-state index is 12.3. The molecule has 0 saturated heterocycles. The van der Waals surface area contributed by atoms with Gasteiger partial charge < -0.3 is 14.5 Å². The van der Waals surface area contributed by atoms with Crippen LogP contribution in [0.15, 0.2) is 77.2 Å². The number of hydrogen-bond donors (Lipinski definition) is 1. The van der Waals surface area contributed by atoms with Crippen molar-refractivity contribution in [2.45, 2.75) is 6.42 Å². The number of hydrogen-bond acceptors (Lipinski definition) is 4. The van der Waals surface area contributed by atoms with E-state index >= 15 is 0 Å². The molecule has 0 radical (unpaired) electrons. The molecule has 0 aliphatic heterocycles. The van der Waals surface area contributed by atoms with Crippen LogP contribution in [0.2, 0.25) is 0 Å². The Labute approximate surface area is 156 Å². The van der Waals surface area contributed by atoms with Crippen LogP contribution in [0.3, 0.4) is 0 Å². The lowest BCUT2D eigenvalue weighted by Gasteiger charge is -2.05. The van der Waals surface area contributed by atoms with Crippen LogP contribution in [0, 0.1) is 0 Å². The smallest absolute Gasteiger partial charge is 0.231 e. The third-order valence-electron chi connectivity index (χ3n) is 4.22. The predicted molar refractivity (Wildman–Crippen MR) is 105 cm³/mol. The Balaban J connectivity index is 1.57. The Morgan fingerprint density at radius 2 is 1.81 bits per heavy atom. The summed E-state index contributed by atoms with van der Waals surface area (Å²) >= 11 is 0. The largest absolute Gasteiger partial charge is 0.496 e. The Bertz CT molecular complexity index is 1090. The first kappa shape index (κ1) is 16.8. The first-order chi connectivity index (χ1) is 13.2. The molecule has 0 unspecified atom stereocenters. The van der Waals surface area contributed by atoms with Crippen LogP contribution in [0.4, 0.5) is 5.69 Å². The molecule has 134 valence electrons. The summed E-state index contributed by atoms with van der Waals surface area (Å²) in [5.41, 5.74) is 3.75. The number of fused-ring (bicyclic) bond motifs is 1. The van der Waals surface area contributed by atoms with Gasteiger partial charge in [-0.3, -0.25) is 4.79 Å². The molecule has 1 N–H and O–H groups in total. The van der Waals surface area contributed by atoms with Crippen LogP contribution in [-0.4, -0.2) is 18.0 Å². The predicted octanol–water partition coefficient (Wildman–Crippen LogP) is 4.68. The van der Waals surface area contributed by atoms with Gasteiger partial charge in [0.05, 0.1) is 19.1 Å². The van der Waals surface area contributed by atoms with Crippen LogP contribution in [0.5, 0.6) is 5.75 Å². The van der Waals surface area contributed by atoms with Gasteiger partial charge in [0.2, 0.25) is 11.8 Å². The number of amides is 1. The van der Waals surface area contributed by atoms with E-state index in [9.17, 15) is 4.79 Å². The molecule has 1 heterocycles. The number of rotatable bonds is 5. The number of ether oxygens (including phenoxy) is 1. The van der Waals surface area contributed by atoms with Crippen LogP contribution in [0.1, 0.15) is 5.56 Å². The number of oxazole rings is 1. The van der Waals surface area contributed by atoms with Gasteiger partial charge in [-0.25, -0.2) is 4.98 Å². The second-order valence-electron chi connectivity index (χ2n) is 6.11. The van der Waals surface area contributed by atoms with Crippen molar-refractivity contribution in [1.82, 2.24) is 4.98 Å². The van der Waals surface area contributed by atoms with E-state index in [-0.39, 0.29) is 5.91 Å². The Kier molecular flexibility index (Phi) is 4.58. The minimum Gasteiger partial charge on any atom is -0.496 e. The molecule has 1 amide bonds. The summed E-state index contributed by atoms with van der Waals surface area (Å²) in [5.74, 6) is 1.10. The van der Waals surface area contributed by atoms with E-state index in [0.717, 1.165) is 16.6 Å². The summed E-state index contributed by atoms with van der Waals surface area (Å²) < 4.78 is 11.3. The van der Waals surface area contributed by atoms with Crippen molar-refractivity contribution >= 4 is 22.7 Å². The molecule has 0 bridgehead atoms. The van der Waals surface area contributed by atoms with Gasteiger partial charge in [-0.05, 0) is 29.8 Å². The lowest BCUT2D eigenvalue weighted by Crippen LogP contribution is -2.14. The number of nitrogens with one attached hydrogen (secondary N) is 1. The third-order valence-corrected chi connectivity index (χ3v) is 4.22. The van der Waals surface area contributed by atoms with Crippen LogP contribution >= 0.6 is 0 Å². The maximum Gasteiger partial charge on any atom is 0.231 e. The lowest BCUT2D eigenvalue weighted by molar-refractivity contribution is -0.115. The zero-order valence-corrected chi connectivity index (χ0v) is 14.8. The zero-order chi connectivity index (χ0) is 18.6. The van der Waals surface area contributed by atoms with E-state index in [1.54, 1.807) is 13.2 Å². The van der Waals surface area contributed by atoms with Gasteiger partial charge in [0, 0.05) is 11.8 Å². The highest BCUT2D eigenvalue weighted by Crippen LogP contribution is 2.32. The number of nitrogens with zero attached hydrogens (tertiary/aromatic N) is 1. The van der Waals surface area contributed by atoms with Gasteiger partial charge in [0.25, 0.3) is 0 Å². The van der Waals surface area contributed by atoms with Crippen molar-refractivity contribution in [3.05, 3.63) is 78.4 Å². The highest BCUT2D eigenvalue weighted by Gasteiger charge is 2.13. The first-order valence-corrected chi connectivity index (χ1v) is 8.61. The maximum atomic E-state index is 12.3. The molecule has 4 rings (SSSR count). The fourth-order valence-electron chi connectivity index (χ4n) is 2.93. The Hall–Kier alpha value is -3.60. The SMILES string of the molecule is COc1ccccc1-c1nc2ccc(NC(=O)Cc3ccccc3)cc2o1. The van der Waals surface area contributed by atoms with Gasteiger partial charge in [0.15, 0.2) is 5.58 Å². The topological polar surface area (TPSA) is 64.4 Å². The molecule has 1 aromatic heterocycles. The van der Waals surface area contributed by atoms with Crippen molar-refractivity contribution in [3.63, 3.8) is 0 Å². The van der Waals surface area contributed by atoms with Crippen molar-refractivity contribution < 1.29 is 13.9 Å². The number of anilines is 1. The molecular weight excluding hydrogens is 340 g/mol. The Morgan fingerprint density at radius 3 is 2.63 bits per heavy atom. The van der Waals surface area contributed by atoms with Gasteiger partial charge in [-0.1, -0.05) is 42.5 Å². The summed E-state index contributed by atoms with van der Waals surface area (Å²) in [4.78, 5) is 16.8. The third kappa shape index (κ3) is 3.67. The Morgan fingerprint density at radius 1 is 1.04 bits per heavy atom. The monoisotopic (exact) mass is 358 g/mol. The molecule has 0 aliphatic carbocycles. The highest BCUT2D eigenvalue weighted by molar-refractivity contribution is 5.94. The molecular formula is C22H18N2O3. The first-order valence-electron chi connectivity index (χ1n) is 8.61. The summed E-state index contributed by atoms with van der Waals surface area (Å²) in [5, 5.41) is 2.90. The molecule has 0 fully saturated rings. The second kappa shape index (κ2) is 7.33. The summed E-state index contributed by atoms with van der Waals surface area (Å²) in [7, 11) is 1.61. The fourth-order valence-corrected chi connectivity index (χ4v) is 2.93. The van der Waals surface area contributed by atoms with E-state index in [1.807, 2.05) is 66.7 Å². The summed E-state index contributed by atoms with van der Waals surface area (Å²) in [6.07, 6.45) is 0.321. The molecule has 5 heteroatoms. The minimum atomic E-state index is -0.0787. The van der Waals surface area contributed by atoms with Gasteiger partial charge in [0.1, 0.15) is 11.3 Å². The normalized spacial score (nSPS) is 10.7. The van der Waals surface area contributed by atoms with Gasteiger partial charge in [-0.2, -0.15) is 0 Å². The summed E-state index contributed by atoms with van der Waals surface area (Å²) in [6.45, 7) is 0. The van der Waals surface area contributed by atoms with Crippen LogP contribution in [-0.2, 0) is 11.2 Å². The van der Waals surface area contributed by atoms with E-state index in [2.05, 4.69) is 10.3 Å². The molecule has 0 spiro atoms. The van der Waals surface area contributed by atoms with Crippen molar-refractivity contribution in [2.75, 3.05) is 12.4 Å². The van der Waals surface area contributed by atoms with E-state index in [0.29, 0.717) is 29.3 Å². The fraction of sp³-hybridized carbons (Fsp3) is 0.0909. The summed E-state index contributed by atoms with van der Waals surface area (Å²) in [6, 6.07) is 22.6. The number of aromatic nitrogens is 1. The number of benzene rings is 3. The molecule has 0 aliphatic rings. The zero-order valence-electron chi connectivity index (χ0n) is 14.8. The van der Waals surface area contributed by atoms with Crippen molar-refractivity contribution in [3.8, 4) is 17.2 Å². The number of para-hydroxylation sites is 1. The number of carbonyl (C=O) groups excluding carboxylic acids is 1. The van der Waals surface area contributed by atoms with Gasteiger partial charge in [-0.15, -0.1) is 0 Å². The number of methoxy groups -OCH3 is 1. The number of carbonyl (C=O) groups is 1. The molecule has 0 saturated carbocycles. The quantitative estimate of drug-likeness (QED) is 0.562. The van der Waals surface area contributed by atoms with E-state index < -0.39 is 0 Å². The average molecular weight is 358 g/mol. The van der Waals surface area contributed by atoms with Crippen molar-refractivity contribution in [1.29, 1.82) is 0 Å². The highest BCUT2D eigenvalue weighted by atomic mass is 16.5. The molecule has 27 heavy (non-hydrogen) atoms. The molecule has 3 aromatic carbocycles. The van der Waals surface area contributed by atoms with E-state index in [1.165, 1.54) is 0 Å². The van der Waals surface area contributed by atoms with Crippen molar-refractivity contribution in [2.24, 2.45) is 0 Å². The molecule has 0 atom stereocenters. The minimum absolute atomic E-state index is 0.0787. The van der Waals surface area contributed by atoms with E-state index in [4.69, 9.17) is 9.15 Å². The molecule has 5 nitrogen and oxygen atoms in total.